The zero-order valence-electron chi connectivity index (χ0n) is 19.4. The van der Waals surface area contributed by atoms with E-state index >= 15 is 0 Å². The van der Waals surface area contributed by atoms with Crippen LogP contribution in [0.5, 0.6) is 0 Å². The van der Waals surface area contributed by atoms with Gasteiger partial charge in [-0.25, -0.2) is 0 Å². The number of amides is 3. The monoisotopic (exact) mass is 504 g/mol. The van der Waals surface area contributed by atoms with Crippen LogP contribution in [0.2, 0.25) is 5.02 Å². The molecule has 7 rings (SSSR count). The number of para-hydroxylation sites is 1. The highest BCUT2D eigenvalue weighted by Crippen LogP contribution is 2.54. The van der Waals surface area contributed by atoms with Gasteiger partial charge in [0.25, 0.3) is 0 Å². The fourth-order valence-electron chi connectivity index (χ4n) is 6.72. The van der Waals surface area contributed by atoms with Crippen LogP contribution >= 0.6 is 11.6 Å². The first-order valence-electron chi connectivity index (χ1n) is 12.4. The molecular formula is C27H25ClN4O4. The average Bonchev–Trinajstić information content (AvgIpc) is 3.67. The molecule has 4 aliphatic rings. The second kappa shape index (κ2) is 7.90. The summed E-state index contributed by atoms with van der Waals surface area (Å²) < 4.78 is 5.74. The van der Waals surface area contributed by atoms with E-state index in [-0.39, 0.29) is 30.4 Å². The number of likely N-dealkylation sites (tertiary alicyclic amines) is 1. The minimum atomic E-state index is -1.36. The van der Waals surface area contributed by atoms with Gasteiger partial charge in [-0.05, 0) is 49.1 Å². The summed E-state index contributed by atoms with van der Waals surface area (Å²) in [6.45, 7) is 0.862. The second-order valence-electron chi connectivity index (χ2n) is 10.2. The van der Waals surface area contributed by atoms with Gasteiger partial charge in [-0.1, -0.05) is 29.8 Å². The number of H-pyrrole nitrogens is 1. The molecule has 3 saturated heterocycles. The number of hydrogen-bond donors (Lipinski definition) is 3. The van der Waals surface area contributed by atoms with Crippen LogP contribution in [0.1, 0.15) is 24.0 Å². The molecule has 3 amide bonds. The molecule has 1 spiro atoms. The second-order valence-corrected chi connectivity index (χ2v) is 10.6. The third kappa shape index (κ3) is 2.98. The molecule has 0 aliphatic carbocycles. The van der Waals surface area contributed by atoms with Gasteiger partial charge in [0.15, 0.2) is 0 Å². The molecule has 0 radical (unpaired) electrons. The van der Waals surface area contributed by atoms with Crippen LogP contribution < -0.4 is 10.6 Å². The Morgan fingerprint density at radius 2 is 1.97 bits per heavy atom. The molecule has 0 saturated carbocycles. The number of aromatic nitrogens is 1. The number of halogens is 1. The lowest BCUT2D eigenvalue weighted by Gasteiger charge is -2.30. The standard InChI is InChI=1S/C27H25ClN4O4/c28-15-7-8-20-18(11-15)27(26(35)30-20)23-22(24(33)32(25(23)34)13-16-4-3-9-36-16)21(31-27)10-14-12-29-19-6-2-1-5-17(14)19/h1-2,5-8,11-12,16,21-23,29,31H,3-4,9-10,13H2,(H,30,35)/t16-,21-,22+,23-,27-/m1/s1. The SMILES string of the molecule is O=C1[C@H]2[C@@H](Cc3c[nH]c4ccccc34)N[C@@]3(C(=O)Nc4ccc(Cl)cc43)[C@H]2C(=O)N1C[C@H]1CCCO1. The van der Waals surface area contributed by atoms with Crippen molar-refractivity contribution in [2.24, 2.45) is 11.8 Å². The van der Waals surface area contributed by atoms with E-state index in [2.05, 4.69) is 15.6 Å². The van der Waals surface area contributed by atoms with Crippen LogP contribution in [0.4, 0.5) is 5.69 Å². The number of aromatic amines is 1. The largest absolute Gasteiger partial charge is 0.376 e. The minimum Gasteiger partial charge on any atom is -0.376 e. The van der Waals surface area contributed by atoms with E-state index in [0.717, 1.165) is 29.3 Å². The summed E-state index contributed by atoms with van der Waals surface area (Å²) in [7, 11) is 0. The molecule has 5 atom stereocenters. The Morgan fingerprint density at radius 3 is 2.81 bits per heavy atom. The average molecular weight is 505 g/mol. The van der Waals surface area contributed by atoms with Crippen molar-refractivity contribution in [2.75, 3.05) is 18.5 Å². The third-order valence-electron chi connectivity index (χ3n) is 8.29. The maximum absolute atomic E-state index is 13.9. The molecule has 0 bridgehead atoms. The highest BCUT2D eigenvalue weighted by molar-refractivity contribution is 6.31. The summed E-state index contributed by atoms with van der Waals surface area (Å²) in [6.07, 6.45) is 4.00. The number of ether oxygens (including phenoxy) is 1. The van der Waals surface area contributed by atoms with Gasteiger partial charge in [0, 0.05) is 46.0 Å². The Labute approximate surface area is 212 Å². The topological polar surface area (TPSA) is 104 Å². The first kappa shape index (κ1) is 22.0. The lowest BCUT2D eigenvalue weighted by molar-refractivity contribution is -0.144. The summed E-state index contributed by atoms with van der Waals surface area (Å²) in [5.74, 6) is -2.42. The van der Waals surface area contributed by atoms with E-state index in [4.69, 9.17) is 16.3 Å². The first-order chi connectivity index (χ1) is 17.5. The highest BCUT2D eigenvalue weighted by Gasteiger charge is 2.70. The third-order valence-corrected chi connectivity index (χ3v) is 8.53. The lowest BCUT2D eigenvalue weighted by Crippen LogP contribution is -2.54. The summed E-state index contributed by atoms with van der Waals surface area (Å²) in [5, 5.41) is 7.95. The molecular weight excluding hydrogens is 480 g/mol. The Morgan fingerprint density at radius 1 is 1.11 bits per heavy atom. The molecule has 184 valence electrons. The molecule has 36 heavy (non-hydrogen) atoms. The van der Waals surface area contributed by atoms with Crippen molar-refractivity contribution in [1.29, 1.82) is 0 Å². The van der Waals surface area contributed by atoms with Crippen molar-refractivity contribution in [3.05, 3.63) is 64.8 Å². The van der Waals surface area contributed by atoms with Crippen LogP contribution in [-0.2, 0) is 31.1 Å². The van der Waals surface area contributed by atoms with Gasteiger partial charge in [-0.15, -0.1) is 0 Å². The summed E-state index contributed by atoms with van der Waals surface area (Å²) in [5.41, 5.74) is 1.90. The molecule has 3 fully saturated rings. The maximum atomic E-state index is 13.9. The quantitative estimate of drug-likeness (QED) is 0.474. The van der Waals surface area contributed by atoms with E-state index in [1.807, 2.05) is 30.5 Å². The number of nitrogens with zero attached hydrogens (tertiary/aromatic N) is 1. The van der Waals surface area contributed by atoms with E-state index in [1.165, 1.54) is 4.90 Å². The van der Waals surface area contributed by atoms with Crippen molar-refractivity contribution in [1.82, 2.24) is 15.2 Å². The van der Waals surface area contributed by atoms with Gasteiger partial charge < -0.3 is 15.0 Å². The van der Waals surface area contributed by atoms with Gasteiger partial charge in [-0.3, -0.25) is 24.6 Å². The number of benzene rings is 2. The minimum absolute atomic E-state index is 0.160. The molecule has 9 heteroatoms. The Bertz CT molecular complexity index is 1430. The van der Waals surface area contributed by atoms with E-state index in [1.54, 1.807) is 18.2 Å². The van der Waals surface area contributed by atoms with Crippen molar-refractivity contribution in [3.8, 4) is 0 Å². The van der Waals surface area contributed by atoms with Crippen LogP contribution in [0.25, 0.3) is 10.9 Å². The van der Waals surface area contributed by atoms with E-state index in [9.17, 15) is 14.4 Å². The number of anilines is 1. The molecule has 3 aromatic rings. The maximum Gasteiger partial charge on any atom is 0.250 e. The predicted octanol–water partition coefficient (Wildman–Crippen LogP) is 2.96. The van der Waals surface area contributed by atoms with E-state index < -0.39 is 23.4 Å². The van der Waals surface area contributed by atoms with Gasteiger partial charge >= 0.3 is 0 Å². The summed E-state index contributed by atoms with van der Waals surface area (Å²) >= 11 is 6.35. The lowest BCUT2D eigenvalue weighted by atomic mass is 9.76. The van der Waals surface area contributed by atoms with Crippen molar-refractivity contribution < 1.29 is 19.1 Å². The molecule has 2 aromatic carbocycles. The summed E-state index contributed by atoms with van der Waals surface area (Å²) in [6, 6.07) is 12.7. The Kier molecular flexibility index (Phi) is 4.83. The van der Waals surface area contributed by atoms with Gasteiger partial charge in [0.05, 0.1) is 24.5 Å². The van der Waals surface area contributed by atoms with Crippen LogP contribution in [0.3, 0.4) is 0 Å². The number of nitrogens with one attached hydrogen (secondary N) is 3. The zero-order chi connectivity index (χ0) is 24.6. The zero-order valence-corrected chi connectivity index (χ0v) is 20.2. The number of imide groups is 1. The normalized spacial score (nSPS) is 31.0. The van der Waals surface area contributed by atoms with Gasteiger partial charge in [0.1, 0.15) is 5.54 Å². The first-order valence-corrected chi connectivity index (χ1v) is 12.8. The number of rotatable bonds is 4. The summed E-state index contributed by atoms with van der Waals surface area (Å²) in [4.78, 5) is 46.1. The van der Waals surface area contributed by atoms with Crippen LogP contribution in [0, 0.1) is 11.8 Å². The Balaban J connectivity index is 1.33. The molecule has 5 heterocycles. The molecule has 0 unspecified atom stereocenters. The highest BCUT2D eigenvalue weighted by atomic mass is 35.5. The van der Waals surface area contributed by atoms with Gasteiger partial charge in [-0.2, -0.15) is 0 Å². The smallest absolute Gasteiger partial charge is 0.250 e. The molecule has 8 nitrogen and oxygen atoms in total. The fraction of sp³-hybridized carbons (Fsp3) is 0.370. The van der Waals surface area contributed by atoms with E-state index in [0.29, 0.717) is 29.3 Å². The predicted molar refractivity (Wildman–Crippen MR) is 133 cm³/mol. The number of carbonyl (C=O) groups excluding carboxylic acids is 3. The molecule has 4 aliphatic heterocycles. The Hall–Kier alpha value is -3.20. The van der Waals surface area contributed by atoms with Crippen molar-refractivity contribution >= 4 is 45.9 Å². The number of hydrogen-bond acceptors (Lipinski definition) is 5. The van der Waals surface area contributed by atoms with Crippen molar-refractivity contribution in [3.63, 3.8) is 0 Å². The number of fused-ring (bicyclic) bond motifs is 5. The molecule has 3 N–H and O–H groups in total. The van der Waals surface area contributed by atoms with Crippen molar-refractivity contribution in [2.45, 2.75) is 36.9 Å². The fourth-order valence-corrected chi connectivity index (χ4v) is 6.89. The number of carbonyl (C=O) groups is 3. The van der Waals surface area contributed by atoms with Crippen LogP contribution in [0.15, 0.2) is 48.7 Å². The molecule has 1 aromatic heterocycles. The van der Waals surface area contributed by atoms with Gasteiger partial charge in [0.2, 0.25) is 17.7 Å². The van der Waals surface area contributed by atoms with Crippen LogP contribution in [-0.4, -0.2) is 52.9 Å².